The van der Waals surface area contributed by atoms with Gasteiger partial charge in [0.1, 0.15) is 0 Å². The third-order valence-corrected chi connectivity index (χ3v) is 3.19. The highest BCUT2D eigenvalue weighted by atomic mass is 19.3. The second-order valence-electron chi connectivity index (χ2n) is 4.50. The summed E-state index contributed by atoms with van der Waals surface area (Å²) in [5.41, 5.74) is 1.61. The van der Waals surface area contributed by atoms with Crippen LogP contribution in [0.2, 0.25) is 0 Å². The molecule has 2 nitrogen and oxygen atoms in total. The Morgan fingerprint density at radius 3 is 2.67 bits per heavy atom. The Morgan fingerprint density at radius 1 is 1.33 bits per heavy atom. The summed E-state index contributed by atoms with van der Waals surface area (Å²) in [5, 5.41) is 0. The van der Waals surface area contributed by atoms with E-state index in [0.717, 1.165) is 5.56 Å². The van der Waals surface area contributed by atoms with Gasteiger partial charge in [0.25, 0.3) is 6.43 Å². The van der Waals surface area contributed by atoms with Crippen molar-refractivity contribution in [3.05, 3.63) is 29.8 Å². The summed E-state index contributed by atoms with van der Waals surface area (Å²) >= 11 is 0. The van der Waals surface area contributed by atoms with E-state index in [1.165, 1.54) is 4.90 Å². The second-order valence-corrected chi connectivity index (χ2v) is 4.50. The molecule has 0 aliphatic carbocycles. The van der Waals surface area contributed by atoms with Crippen molar-refractivity contribution in [3.63, 3.8) is 0 Å². The molecule has 0 spiro atoms. The van der Waals surface area contributed by atoms with E-state index in [0.29, 0.717) is 12.2 Å². The van der Waals surface area contributed by atoms with Crippen LogP contribution >= 0.6 is 0 Å². The number of hydrogen-bond acceptors (Lipinski definition) is 1. The lowest BCUT2D eigenvalue weighted by Gasteiger charge is -2.18. The maximum Gasteiger partial charge on any atom is 0.270 e. The lowest BCUT2D eigenvalue weighted by Crippen LogP contribution is -2.33. The van der Waals surface area contributed by atoms with Crippen LogP contribution in [0.15, 0.2) is 24.3 Å². The van der Waals surface area contributed by atoms with Crippen molar-refractivity contribution >= 4 is 11.6 Å². The van der Waals surface area contributed by atoms with E-state index in [9.17, 15) is 18.0 Å². The van der Waals surface area contributed by atoms with E-state index in [1.54, 1.807) is 18.2 Å². The zero-order chi connectivity index (χ0) is 13.3. The van der Waals surface area contributed by atoms with Gasteiger partial charge in [-0.05, 0) is 31.0 Å². The van der Waals surface area contributed by atoms with Gasteiger partial charge in [-0.15, -0.1) is 0 Å². The molecule has 18 heavy (non-hydrogen) atoms. The van der Waals surface area contributed by atoms with Crippen molar-refractivity contribution in [2.45, 2.75) is 25.9 Å². The van der Waals surface area contributed by atoms with E-state index in [4.69, 9.17) is 0 Å². The van der Waals surface area contributed by atoms with Crippen LogP contribution in [0.5, 0.6) is 0 Å². The van der Waals surface area contributed by atoms with Crippen LogP contribution in [0.25, 0.3) is 0 Å². The number of aryl methyl sites for hydroxylation is 1. The standard InChI is InChI=1S/C13H14F3NO/c1-8-3-2-4-9(7-8)17-6-5-10(13(17)18)11(14)12(15)16/h2-4,7,10-12H,5-6H2,1H3. The highest BCUT2D eigenvalue weighted by Crippen LogP contribution is 2.30. The summed E-state index contributed by atoms with van der Waals surface area (Å²) in [4.78, 5) is 13.3. The fourth-order valence-electron chi connectivity index (χ4n) is 2.23. The minimum absolute atomic E-state index is 0.137. The Hall–Kier alpha value is -1.52. The molecule has 1 saturated heterocycles. The summed E-state index contributed by atoms with van der Waals surface area (Å²) < 4.78 is 37.9. The maximum atomic E-state index is 13.3. The van der Waals surface area contributed by atoms with Gasteiger partial charge in [-0.3, -0.25) is 4.79 Å². The first-order valence-electron chi connectivity index (χ1n) is 5.81. The molecule has 1 aliphatic heterocycles. The number of benzene rings is 1. The topological polar surface area (TPSA) is 20.3 Å². The summed E-state index contributed by atoms with van der Waals surface area (Å²) in [6.07, 6.45) is -5.33. The number of hydrogen-bond donors (Lipinski definition) is 0. The van der Waals surface area contributed by atoms with E-state index in [2.05, 4.69) is 0 Å². The summed E-state index contributed by atoms with van der Waals surface area (Å²) in [6, 6.07) is 7.17. The molecule has 1 fully saturated rings. The van der Waals surface area contributed by atoms with Crippen LogP contribution in [0.3, 0.4) is 0 Å². The number of alkyl halides is 3. The molecule has 5 heteroatoms. The van der Waals surface area contributed by atoms with Gasteiger partial charge in [-0.1, -0.05) is 12.1 Å². The maximum absolute atomic E-state index is 13.3. The van der Waals surface area contributed by atoms with E-state index < -0.39 is 24.4 Å². The molecule has 1 amide bonds. The van der Waals surface area contributed by atoms with Crippen LogP contribution in [0.1, 0.15) is 12.0 Å². The molecule has 1 aromatic rings. The zero-order valence-corrected chi connectivity index (χ0v) is 9.95. The highest BCUT2D eigenvalue weighted by Gasteiger charge is 2.42. The van der Waals surface area contributed by atoms with Gasteiger partial charge in [-0.2, -0.15) is 0 Å². The molecular weight excluding hydrogens is 243 g/mol. The molecule has 1 aromatic carbocycles. The quantitative estimate of drug-likeness (QED) is 0.815. The molecule has 0 aromatic heterocycles. The molecule has 2 rings (SSSR count). The second kappa shape index (κ2) is 5.00. The SMILES string of the molecule is Cc1cccc(N2CCC(C(F)C(F)F)C2=O)c1. The lowest BCUT2D eigenvalue weighted by molar-refractivity contribution is -0.124. The van der Waals surface area contributed by atoms with Gasteiger partial charge in [-0.25, -0.2) is 13.2 Å². The summed E-state index contributed by atoms with van der Waals surface area (Å²) in [5.74, 6) is -1.76. The average molecular weight is 257 g/mol. The molecule has 98 valence electrons. The fraction of sp³-hybridized carbons (Fsp3) is 0.462. The van der Waals surface area contributed by atoms with Gasteiger partial charge in [0.05, 0.1) is 5.92 Å². The largest absolute Gasteiger partial charge is 0.312 e. The third kappa shape index (κ3) is 2.35. The molecule has 0 radical (unpaired) electrons. The molecular formula is C13H14F3NO. The fourth-order valence-corrected chi connectivity index (χ4v) is 2.23. The number of anilines is 1. The highest BCUT2D eigenvalue weighted by molar-refractivity contribution is 5.97. The first kappa shape index (κ1) is 12.9. The molecule has 1 heterocycles. The van der Waals surface area contributed by atoms with Crippen molar-refractivity contribution in [2.24, 2.45) is 5.92 Å². The molecule has 2 unspecified atom stereocenters. The number of nitrogens with zero attached hydrogens (tertiary/aromatic N) is 1. The molecule has 0 N–H and O–H groups in total. The Balaban J connectivity index is 2.17. The molecule has 0 saturated carbocycles. The van der Waals surface area contributed by atoms with Crippen LogP contribution in [-0.2, 0) is 4.79 Å². The Labute approximate surface area is 103 Å². The number of halogens is 3. The summed E-state index contributed by atoms with van der Waals surface area (Å²) in [6.45, 7) is 2.17. The van der Waals surface area contributed by atoms with Crippen LogP contribution in [0, 0.1) is 12.8 Å². The molecule has 0 bridgehead atoms. The Kier molecular flexibility index (Phi) is 3.59. The minimum atomic E-state index is -3.10. The number of carbonyl (C=O) groups is 1. The smallest absolute Gasteiger partial charge is 0.270 e. The first-order valence-corrected chi connectivity index (χ1v) is 5.81. The zero-order valence-electron chi connectivity index (χ0n) is 9.95. The number of rotatable bonds is 3. The van der Waals surface area contributed by atoms with Gasteiger partial charge >= 0.3 is 0 Å². The third-order valence-electron chi connectivity index (χ3n) is 3.19. The van der Waals surface area contributed by atoms with Crippen molar-refractivity contribution in [2.75, 3.05) is 11.4 Å². The van der Waals surface area contributed by atoms with Gasteiger partial charge in [0.2, 0.25) is 5.91 Å². The average Bonchev–Trinajstić information content (AvgIpc) is 2.70. The van der Waals surface area contributed by atoms with E-state index in [1.807, 2.05) is 13.0 Å². The van der Waals surface area contributed by atoms with Crippen LogP contribution in [-0.4, -0.2) is 25.0 Å². The van der Waals surface area contributed by atoms with Gasteiger partial charge in [0.15, 0.2) is 6.17 Å². The Morgan fingerprint density at radius 2 is 2.06 bits per heavy atom. The minimum Gasteiger partial charge on any atom is -0.312 e. The van der Waals surface area contributed by atoms with Crippen molar-refractivity contribution in [3.8, 4) is 0 Å². The Bertz CT molecular complexity index is 450. The monoisotopic (exact) mass is 257 g/mol. The number of amides is 1. The molecule has 1 aliphatic rings. The van der Waals surface area contributed by atoms with E-state index in [-0.39, 0.29) is 6.42 Å². The van der Waals surface area contributed by atoms with Crippen LogP contribution < -0.4 is 4.90 Å². The summed E-state index contributed by atoms with van der Waals surface area (Å²) in [7, 11) is 0. The normalized spacial score (nSPS) is 21.7. The first-order chi connectivity index (χ1) is 8.50. The van der Waals surface area contributed by atoms with Crippen molar-refractivity contribution in [1.82, 2.24) is 0 Å². The lowest BCUT2D eigenvalue weighted by atomic mass is 10.0. The van der Waals surface area contributed by atoms with Crippen molar-refractivity contribution in [1.29, 1.82) is 0 Å². The number of carbonyl (C=O) groups excluding carboxylic acids is 1. The van der Waals surface area contributed by atoms with Gasteiger partial charge < -0.3 is 4.90 Å². The van der Waals surface area contributed by atoms with Crippen molar-refractivity contribution < 1.29 is 18.0 Å². The predicted molar refractivity (Wildman–Crippen MR) is 62.5 cm³/mol. The van der Waals surface area contributed by atoms with E-state index >= 15 is 0 Å². The van der Waals surface area contributed by atoms with Crippen LogP contribution in [0.4, 0.5) is 18.9 Å². The van der Waals surface area contributed by atoms with Gasteiger partial charge in [0, 0.05) is 12.2 Å². The predicted octanol–water partition coefficient (Wildman–Crippen LogP) is 2.95. The molecule has 2 atom stereocenters.